The van der Waals surface area contributed by atoms with Crippen LogP contribution in [-0.2, 0) is 10.0 Å². The molecule has 0 spiro atoms. The minimum atomic E-state index is -3.48. The highest BCUT2D eigenvalue weighted by Gasteiger charge is 2.27. The third-order valence-corrected chi connectivity index (χ3v) is 6.76. The molecule has 1 saturated heterocycles. The van der Waals surface area contributed by atoms with Gasteiger partial charge in [-0.2, -0.15) is 4.31 Å². The van der Waals surface area contributed by atoms with Crippen molar-refractivity contribution in [2.75, 3.05) is 18.4 Å². The van der Waals surface area contributed by atoms with Crippen molar-refractivity contribution in [3.63, 3.8) is 0 Å². The molecule has 1 amide bonds. The summed E-state index contributed by atoms with van der Waals surface area (Å²) >= 11 is 0. The fourth-order valence-corrected chi connectivity index (χ4v) is 4.81. The first-order chi connectivity index (χ1) is 13.9. The molecule has 7 nitrogen and oxygen atoms in total. The van der Waals surface area contributed by atoms with E-state index in [1.165, 1.54) is 16.4 Å². The second-order valence-corrected chi connectivity index (χ2v) is 8.82. The molecule has 1 aliphatic rings. The number of nitrogens with zero attached hydrogens (tertiary/aromatic N) is 2. The molecule has 1 aromatic heterocycles. The number of carbonyl (C=O) groups is 1. The van der Waals surface area contributed by atoms with E-state index < -0.39 is 15.9 Å². The Morgan fingerprint density at radius 1 is 1.03 bits per heavy atom. The lowest BCUT2D eigenvalue weighted by Gasteiger charge is -2.15. The third-order valence-electron chi connectivity index (χ3n) is 4.85. The van der Waals surface area contributed by atoms with Crippen LogP contribution in [-0.4, -0.2) is 36.7 Å². The Morgan fingerprint density at radius 2 is 1.69 bits per heavy atom. The van der Waals surface area contributed by atoms with Gasteiger partial charge in [-0.1, -0.05) is 18.2 Å². The Kier molecular flexibility index (Phi) is 5.21. The van der Waals surface area contributed by atoms with Crippen molar-refractivity contribution in [3.8, 4) is 11.5 Å². The maximum atomic E-state index is 12.6. The maximum absolute atomic E-state index is 12.6. The van der Waals surface area contributed by atoms with Crippen LogP contribution in [0.1, 0.15) is 29.1 Å². The number of rotatable bonds is 5. The number of sulfonamides is 1. The van der Waals surface area contributed by atoms with Crippen LogP contribution >= 0.6 is 0 Å². The Bertz CT molecular complexity index is 1120. The standard InChI is InChI=1S/C21H21N3O4S/c1-15-19(23-21(28-15)16-7-3-2-4-8-16)20(25)22-17-9-11-18(12-10-17)29(26,27)24-13-5-6-14-24/h2-4,7-12H,5-6,13-14H2,1H3,(H,22,25). The topological polar surface area (TPSA) is 92.5 Å². The number of hydrogen-bond donors (Lipinski definition) is 1. The summed E-state index contributed by atoms with van der Waals surface area (Å²) in [5, 5.41) is 2.74. The van der Waals surface area contributed by atoms with Crippen molar-refractivity contribution >= 4 is 21.6 Å². The molecule has 0 aliphatic carbocycles. The first-order valence-electron chi connectivity index (χ1n) is 9.39. The number of hydrogen-bond acceptors (Lipinski definition) is 5. The van der Waals surface area contributed by atoms with Gasteiger partial charge in [0.15, 0.2) is 5.69 Å². The Balaban J connectivity index is 1.50. The second-order valence-electron chi connectivity index (χ2n) is 6.88. The average Bonchev–Trinajstić information content (AvgIpc) is 3.39. The van der Waals surface area contributed by atoms with Gasteiger partial charge in [-0.05, 0) is 56.2 Å². The van der Waals surface area contributed by atoms with Crippen molar-refractivity contribution in [1.82, 2.24) is 9.29 Å². The van der Waals surface area contributed by atoms with Crippen molar-refractivity contribution in [1.29, 1.82) is 0 Å². The fourth-order valence-electron chi connectivity index (χ4n) is 3.29. The van der Waals surface area contributed by atoms with Crippen molar-refractivity contribution in [2.45, 2.75) is 24.7 Å². The van der Waals surface area contributed by atoms with E-state index in [0.29, 0.717) is 30.4 Å². The molecule has 1 fully saturated rings. The van der Waals surface area contributed by atoms with Crippen LogP contribution in [0.25, 0.3) is 11.5 Å². The lowest BCUT2D eigenvalue weighted by atomic mass is 10.2. The quantitative estimate of drug-likeness (QED) is 0.691. The zero-order valence-electron chi connectivity index (χ0n) is 16.0. The minimum absolute atomic E-state index is 0.192. The van der Waals surface area contributed by atoms with Crippen molar-refractivity contribution in [2.24, 2.45) is 0 Å². The lowest BCUT2D eigenvalue weighted by molar-refractivity contribution is 0.102. The van der Waals surface area contributed by atoms with Crippen LogP contribution in [0.2, 0.25) is 0 Å². The predicted octanol–water partition coefficient (Wildman–Crippen LogP) is 3.69. The van der Waals surface area contributed by atoms with Crippen LogP contribution in [0.5, 0.6) is 0 Å². The second kappa shape index (κ2) is 7.81. The summed E-state index contributed by atoms with van der Waals surface area (Å²) in [5.41, 5.74) is 1.46. The van der Waals surface area contributed by atoms with Gasteiger partial charge >= 0.3 is 0 Å². The van der Waals surface area contributed by atoms with Gasteiger partial charge in [-0.15, -0.1) is 0 Å². The number of benzene rings is 2. The van der Waals surface area contributed by atoms with E-state index in [4.69, 9.17) is 4.42 Å². The molecular weight excluding hydrogens is 390 g/mol. The van der Waals surface area contributed by atoms with Gasteiger partial charge in [-0.3, -0.25) is 4.79 Å². The van der Waals surface area contributed by atoms with Gasteiger partial charge in [0.1, 0.15) is 5.76 Å². The number of aryl methyl sites for hydroxylation is 1. The molecule has 1 aliphatic heterocycles. The first kappa shape index (κ1) is 19.4. The molecule has 0 saturated carbocycles. The summed E-state index contributed by atoms with van der Waals surface area (Å²) < 4.78 is 32.3. The number of nitrogens with one attached hydrogen (secondary N) is 1. The number of anilines is 1. The number of aromatic nitrogens is 1. The summed E-state index contributed by atoms with van der Waals surface area (Å²) in [4.78, 5) is 17.1. The molecule has 1 N–H and O–H groups in total. The molecule has 8 heteroatoms. The molecule has 2 aromatic carbocycles. The molecule has 0 atom stereocenters. The summed E-state index contributed by atoms with van der Waals surface area (Å²) in [7, 11) is -3.48. The van der Waals surface area contributed by atoms with E-state index in [2.05, 4.69) is 10.3 Å². The third kappa shape index (κ3) is 3.94. The molecule has 0 radical (unpaired) electrons. The van der Waals surface area contributed by atoms with Gasteiger partial charge < -0.3 is 9.73 Å². The van der Waals surface area contributed by atoms with Gasteiger partial charge in [0.05, 0.1) is 4.90 Å². The Labute approximate surface area is 169 Å². The van der Waals surface area contributed by atoms with Crippen molar-refractivity contribution < 1.29 is 17.6 Å². The van der Waals surface area contributed by atoms with E-state index in [0.717, 1.165) is 18.4 Å². The maximum Gasteiger partial charge on any atom is 0.277 e. The van der Waals surface area contributed by atoms with E-state index in [9.17, 15) is 13.2 Å². The minimum Gasteiger partial charge on any atom is -0.441 e. The number of carbonyl (C=O) groups excluding carboxylic acids is 1. The van der Waals surface area contributed by atoms with Crippen LogP contribution in [0.3, 0.4) is 0 Å². The first-order valence-corrected chi connectivity index (χ1v) is 10.8. The summed E-state index contributed by atoms with van der Waals surface area (Å²) in [6.45, 7) is 2.78. The highest BCUT2D eigenvalue weighted by atomic mass is 32.2. The van der Waals surface area contributed by atoms with E-state index in [1.807, 2.05) is 30.3 Å². The van der Waals surface area contributed by atoms with E-state index in [1.54, 1.807) is 19.1 Å². The largest absolute Gasteiger partial charge is 0.441 e. The van der Waals surface area contributed by atoms with Crippen LogP contribution in [0.4, 0.5) is 5.69 Å². The molecule has 3 aromatic rings. The molecular formula is C21H21N3O4S. The van der Waals surface area contributed by atoms with Crippen LogP contribution < -0.4 is 5.32 Å². The number of amides is 1. The normalized spacial score (nSPS) is 14.8. The molecule has 150 valence electrons. The monoisotopic (exact) mass is 411 g/mol. The lowest BCUT2D eigenvalue weighted by Crippen LogP contribution is -2.27. The SMILES string of the molecule is Cc1oc(-c2ccccc2)nc1C(=O)Nc1ccc(S(=O)(=O)N2CCCC2)cc1. The highest BCUT2D eigenvalue weighted by Crippen LogP contribution is 2.24. The van der Waals surface area contributed by atoms with Gasteiger partial charge in [0, 0.05) is 24.3 Å². The molecule has 0 unspecified atom stereocenters. The Hall–Kier alpha value is -2.97. The average molecular weight is 411 g/mol. The van der Waals surface area contributed by atoms with E-state index in [-0.39, 0.29) is 10.6 Å². The van der Waals surface area contributed by atoms with Gasteiger partial charge in [0.25, 0.3) is 5.91 Å². The van der Waals surface area contributed by atoms with Gasteiger partial charge in [-0.25, -0.2) is 13.4 Å². The smallest absolute Gasteiger partial charge is 0.277 e. The fraction of sp³-hybridized carbons (Fsp3) is 0.238. The number of oxazole rings is 1. The van der Waals surface area contributed by atoms with Crippen LogP contribution in [0, 0.1) is 6.92 Å². The summed E-state index contributed by atoms with van der Waals surface area (Å²) in [6.07, 6.45) is 1.77. The summed E-state index contributed by atoms with van der Waals surface area (Å²) in [5.74, 6) is 0.374. The molecule has 0 bridgehead atoms. The molecule has 4 rings (SSSR count). The highest BCUT2D eigenvalue weighted by molar-refractivity contribution is 7.89. The molecule has 2 heterocycles. The summed E-state index contributed by atoms with van der Waals surface area (Å²) in [6, 6.07) is 15.5. The van der Waals surface area contributed by atoms with E-state index >= 15 is 0 Å². The van der Waals surface area contributed by atoms with Crippen LogP contribution in [0.15, 0.2) is 63.9 Å². The predicted molar refractivity (Wildman–Crippen MR) is 109 cm³/mol. The molecule has 29 heavy (non-hydrogen) atoms. The van der Waals surface area contributed by atoms with Crippen molar-refractivity contribution in [3.05, 3.63) is 66.1 Å². The zero-order chi connectivity index (χ0) is 20.4. The van der Waals surface area contributed by atoms with Gasteiger partial charge in [0.2, 0.25) is 15.9 Å². The zero-order valence-corrected chi connectivity index (χ0v) is 16.8. The Morgan fingerprint density at radius 3 is 2.34 bits per heavy atom.